The maximum Gasteiger partial charge on any atom is 0.254 e. The highest BCUT2D eigenvalue weighted by Crippen LogP contribution is 2.23. The highest BCUT2D eigenvalue weighted by Gasteiger charge is 2.28. The summed E-state index contributed by atoms with van der Waals surface area (Å²) in [5.41, 5.74) is 2.28. The average Bonchev–Trinajstić information content (AvgIpc) is 2.67. The molecule has 0 N–H and O–H groups in total. The van der Waals surface area contributed by atoms with Crippen molar-refractivity contribution < 1.29 is 14.0 Å². The maximum atomic E-state index is 13.2. The smallest absolute Gasteiger partial charge is 0.254 e. The summed E-state index contributed by atoms with van der Waals surface area (Å²) in [4.78, 5) is 30.4. The Morgan fingerprint density at radius 3 is 2.37 bits per heavy atom. The number of likely N-dealkylation sites (tertiary alicyclic amines) is 1. The summed E-state index contributed by atoms with van der Waals surface area (Å²) < 4.78 is 13.2. The van der Waals surface area contributed by atoms with Crippen LogP contribution in [0.2, 0.25) is 0 Å². The molecule has 2 heterocycles. The number of carbonyl (C=O) groups excluding carboxylic acids is 2. The van der Waals surface area contributed by atoms with Crippen molar-refractivity contribution in [2.45, 2.75) is 33.1 Å². The Balaban J connectivity index is 1.58. The predicted molar refractivity (Wildman–Crippen MR) is 102 cm³/mol. The number of aromatic nitrogens is 1. The van der Waals surface area contributed by atoms with Gasteiger partial charge in [0.1, 0.15) is 0 Å². The van der Waals surface area contributed by atoms with Gasteiger partial charge in [0.25, 0.3) is 5.91 Å². The second kappa shape index (κ2) is 8.42. The van der Waals surface area contributed by atoms with Gasteiger partial charge in [0, 0.05) is 42.4 Å². The zero-order valence-electron chi connectivity index (χ0n) is 15.8. The number of benzene rings is 1. The Labute approximate surface area is 159 Å². The lowest BCUT2D eigenvalue weighted by molar-refractivity contribution is 0.0650. The van der Waals surface area contributed by atoms with E-state index in [1.807, 2.05) is 24.3 Å². The Kier molecular flexibility index (Phi) is 5.99. The predicted octanol–water partition coefficient (Wildman–Crippen LogP) is 4.15. The topological polar surface area (TPSA) is 50.3 Å². The molecule has 0 aliphatic carbocycles. The van der Waals surface area contributed by atoms with Crippen molar-refractivity contribution in [2.75, 3.05) is 13.1 Å². The van der Waals surface area contributed by atoms with E-state index in [2.05, 4.69) is 18.8 Å². The molecule has 1 saturated heterocycles. The third-order valence-electron chi connectivity index (χ3n) is 5.01. The first-order chi connectivity index (χ1) is 12.9. The number of amides is 1. The molecular formula is C22H25FN2O2. The monoisotopic (exact) mass is 368 g/mol. The van der Waals surface area contributed by atoms with E-state index in [1.54, 1.807) is 4.90 Å². The van der Waals surface area contributed by atoms with Crippen LogP contribution in [0, 0.1) is 17.8 Å². The largest absolute Gasteiger partial charge is 0.339 e. The van der Waals surface area contributed by atoms with Crippen molar-refractivity contribution >= 4 is 11.7 Å². The molecule has 1 aliphatic heterocycles. The van der Waals surface area contributed by atoms with Crippen LogP contribution >= 0.6 is 0 Å². The molecule has 1 aromatic heterocycles. The van der Waals surface area contributed by atoms with Crippen molar-refractivity contribution in [3.63, 3.8) is 0 Å². The number of hydrogen-bond donors (Lipinski definition) is 0. The van der Waals surface area contributed by atoms with Crippen LogP contribution in [0.1, 0.15) is 53.0 Å². The molecule has 2 aromatic rings. The fraction of sp³-hybridized carbons (Fsp3) is 0.409. The Morgan fingerprint density at radius 1 is 1.11 bits per heavy atom. The number of nitrogens with zero attached hydrogens (tertiary/aromatic N) is 2. The van der Waals surface area contributed by atoms with Crippen LogP contribution in [0.5, 0.6) is 0 Å². The van der Waals surface area contributed by atoms with Gasteiger partial charge in [-0.1, -0.05) is 38.1 Å². The van der Waals surface area contributed by atoms with Crippen molar-refractivity contribution in [3.8, 4) is 0 Å². The third-order valence-corrected chi connectivity index (χ3v) is 5.01. The Hall–Kier alpha value is -2.56. The van der Waals surface area contributed by atoms with Crippen molar-refractivity contribution in [1.29, 1.82) is 0 Å². The van der Waals surface area contributed by atoms with E-state index < -0.39 is 5.95 Å². The molecule has 1 aliphatic rings. The first-order valence-electron chi connectivity index (χ1n) is 9.48. The van der Waals surface area contributed by atoms with Crippen LogP contribution in [-0.2, 0) is 6.42 Å². The number of rotatable bonds is 5. The van der Waals surface area contributed by atoms with Gasteiger partial charge in [0.2, 0.25) is 5.95 Å². The minimum absolute atomic E-state index is 0.0702. The van der Waals surface area contributed by atoms with Crippen LogP contribution in [-0.4, -0.2) is 34.7 Å². The summed E-state index contributed by atoms with van der Waals surface area (Å²) in [6, 6.07) is 10.6. The molecule has 0 atom stereocenters. The molecule has 0 radical (unpaired) electrons. The number of hydrogen-bond acceptors (Lipinski definition) is 3. The number of halogens is 1. The van der Waals surface area contributed by atoms with Gasteiger partial charge in [-0.25, -0.2) is 4.98 Å². The van der Waals surface area contributed by atoms with Crippen molar-refractivity contribution in [3.05, 3.63) is 65.2 Å². The number of piperidine rings is 1. The molecule has 5 heteroatoms. The van der Waals surface area contributed by atoms with Gasteiger partial charge in [-0.3, -0.25) is 9.59 Å². The SMILES string of the molecule is CC(C)Cc1ccc(C(=O)C2CCN(C(=O)c3ccnc(F)c3)CC2)cc1. The molecule has 27 heavy (non-hydrogen) atoms. The van der Waals surface area contributed by atoms with Crippen LogP contribution in [0.25, 0.3) is 0 Å². The van der Waals surface area contributed by atoms with Crippen LogP contribution < -0.4 is 0 Å². The standard InChI is InChI=1S/C22H25FN2O2/c1-15(2)13-16-3-5-17(6-4-16)21(26)18-8-11-25(12-9-18)22(27)19-7-10-24-20(23)14-19/h3-7,10,14-15,18H,8-9,11-13H2,1-2H3. The number of ketones is 1. The molecule has 0 spiro atoms. The lowest BCUT2D eigenvalue weighted by Crippen LogP contribution is -2.40. The fourth-order valence-electron chi connectivity index (χ4n) is 3.58. The fourth-order valence-corrected chi connectivity index (χ4v) is 3.58. The van der Waals surface area contributed by atoms with Crippen LogP contribution in [0.4, 0.5) is 4.39 Å². The molecule has 0 bridgehead atoms. The summed E-state index contributed by atoms with van der Waals surface area (Å²) in [5.74, 6) is -0.207. The van der Waals surface area contributed by atoms with Crippen LogP contribution in [0.3, 0.4) is 0 Å². The summed E-state index contributed by atoms with van der Waals surface area (Å²) in [6.07, 6.45) is 3.56. The zero-order chi connectivity index (χ0) is 19.4. The van der Waals surface area contributed by atoms with Crippen LogP contribution in [0.15, 0.2) is 42.6 Å². The lowest BCUT2D eigenvalue weighted by atomic mass is 9.88. The van der Waals surface area contributed by atoms with Gasteiger partial charge in [-0.05, 0) is 36.8 Å². The van der Waals surface area contributed by atoms with E-state index in [1.165, 1.54) is 17.8 Å². The molecule has 142 valence electrons. The number of carbonyl (C=O) groups is 2. The summed E-state index contributed by atoms with van der Waals surface area (Å²) in [5, 5.41) is 0. The first-order valence-corrected chi connectivity index (χ1v) is 9.48. The Bertz CT molecular complexity index is 809. The van der Waals surface area contributed by atoms with E-state index in [4.69, 9.17) is 0 Å². The van der Waals surface area contributed by atoms with Gasteiger partial charge >= 0.3 is 0 Å². The van der Waals surface area contributed by atoms with E-state index >= 15 is 0 Å². The van der Waals surface area contributed by atoms with Gasteiger partial charge in [0.15, 0.2) is 5.78 Å². The molecule has 0 saturated carbocycles. The summed E-state index contributed by atoms with van der Waals surface area (Å²) in [7, 11) is 0. The van der Waals surface area contributed by atoms with Crippen molar-refractivity contribution in [1.82, 2.24) is 9.88 Å². The lowest BCUT2D eigenvalue weighted by Gasteiger charge is -2.31. The molecule has 4 nitrogen and oxygen atoms in total. The van der Waals surface area contributed by atoms with E-state index in [0.717, 1.165) is 18.1 Å². The number of Topliss-reactive ketones (excluding diaryl/α,β-unsaturated/α-hetero) is 1. The van der Waals surface area contributed by atoms with Gasteiger partial charge < -0.3 is 4.90 Å². The van der Waals surface area contributed by atoms with Crippen molar-refractivity contribution in [2.24, 2.45) is 11.8 Å². The molecule has 1 fully saturated rings. The first kappa shape index (κ1) is 19.2. The van der Waals surface area contributed by atoms with E-state index in [9.17, 15) is 14.0 Å². The summed E-state index contributed by atoms with van der Waals surface area (Å²) >= 11 is 0. The highest BCUT2D eigenvalue weighted by atomic mass is 19.1. The average molecular weight is 368 g/mol. The molecule has 3 rings (SSSR count). The Morgan fingerprint density at radius 2 is 1.78 bits per heavy atom. The minimum atomic E-state index is -0.660. The quantitative estimate of drug-likeness (QED) is 0.588. The highest BCUT2D eigenvalue weighted by molar-refractivity contribution is 5.98. The van der Waals surface area contributed by atoms with Gasteiger partial charge in [0.05, 0.1) is 0 Å². The second-order valence-electron chi connectivity index (χ2n) is 7.59. The number of pyridine rings is 1. The third kappa shape index (κ3) is 4.79. The van der Waals surface area contributed by atoms with Gasteiger partial charge in [-0.2, -0.15) is 4.39 Å². The molecular weight excluding hydrogens is 343 g/mol. The maximum absolute atomic E-state index is 13.2. The zero-order valence-corrected chi connectivity index (χ0v) is 15.8. The second-order valence-corrected chi connectivity index (χ2v) is 7.59. The van der Waals surface area contributed by atoms with E-state index in [-0.39, 0.29) is 17.6 Å². The van der Waals surface area contributed by atoms with E-state index in [0.29, 0.717) is 37.4 Å². The molecule has 1 aromatic carbocycles. The van der Waals surface area contributed by atoms with Gasteiger partial charge in [-0.15, -0.1) is 0 Å². The summed E-state index contributed by atoms with van der Waals surface area (Å²) in [6.45, 7) is 5.36. The normalized spacial score (nSPS) is 15.2. The molecule has 0 unspecified atom stereocenters. The molecule has 1 amide bonds. The minimum Gasteiger partial charge on any atom is -0.339 e.